The van der Waals surface area contributed by atoms with Gasteiger partial charge in [0.1, 0.15) is 0 Å². The molecule has 0 bridgehead atoms. The number of rotatable bonds is 6. The molecule has 7 heteroatoms. The lowest BCUT2D eigenvalue weighted by molar-refractivity contribution is -0.139. The maximum atomic E-state index is 13.2. The number of benzene rings is 2. The lowest BCUT2D eigenvalue weighted by Gasteiger charge is -2.41. The van der Waals surface area contributed by atoms with Crippen LogP contribution in [-0.2, 0) is 17.9 Å². The minimum atomic E-state index is -0.0571. The fourth-order valence-electron chi connectivity index (χ4n) is 4.99. The molecule has 1 amide bonds. The van der Waals surface area contributed by atoms with E-state index in [-0.39, 0.29) is 11.9 Å². The molecule has 2 aromatic rings. The van der Waals surface area contributed by atoms with Crippen LogP contribution in [0.2, 0.25) is 0 Å². The number of fused-ring (bicyclic) bond motifs is 1. The van der Waals surface area contributed by atoms with E-state index in [4.69, 9.17) is 9.47 Å². The van der Waals surface area contributed by atoms with Gasteiger partial charge in [0.05, 0.1) is 6.04 Å². The van der Waals surface area contributed by atoms with Gasteiger partial charge in [0.15, 0.2) is 11.5 Å². The van der Waals surface area contributed by atoms with E-state index < -0.39 is 0 Å². The molecule has 5 rings (SSSR count). The fraction of sp³-hybridized carbons (Fsp3) is 0.500. The lowest BCUT2D eigenvalue weighted by Crippen LogP contribution is -2.57. The van der Waals surface area contributed by atoms with Gasteiger partial charge in [-0.05, 0) is 30.2 Å². The van der Waals surface area contributed by atoms with Crippen LogP contribution in [0.5, 0.6) is 11.5 Å². The Morgan fingerprint density at radius 1 is 0.788 bits per heavy atom. The van der Waals surface area contributed by atoms with Crippen molar-refractivity contribution in [3.8, 4) is 11.5 Å². The summed E-state index contributed by atoms with van der Waals surface area (Å²) in [5.41, 5.74) is 2.58. The molecule has 2 saturated heterocycles. The van der Waals surface area contributed by atoms with Gasteiger partial charge >= 0.3 is 0 Å². The molecule has 0 saturated carbocycles. The highest BCUT2D eigenvalue weighted by Crippen LogP contribution is 2.32. The zero-order valence-electron chi connectivity index (χ0n) is 19.5. The third-order valence-corrected chi connectivity index (χ3v) is 7.09. The monoisotopic (exact) mass is 450 g/mol. The van der Waals surface area contributed by atoms with Gasteiger partial charge in [-0.3, -0.25) is 19.5 Å². The number of ether oxygens (including phenoxy) is 2. The average molecular weight is 451 g/mol. The summed E-state index contributed by atoms with van der Waals surface area (Å²) in [6.45, 7) is 11.6. The first-order valence-corrected chi connectivity index (χ1v) is 12.1. The van der Waals surface area contributed by atoms with Gasteiger partial charge in [-0.25, -0.2) is 0 Å². The standard InChI is InChI=1S/C26H34N4O3/c1-21(26(31)30-15-11-27(12-16-30)18-22-5-3-2-4-6-22)29-13-9-28(10-14-29)19-23-7-8-24-25(17-23)33-20-32-24/h2-8,17,21H,9-16,18-20H2,1H3. The van der Waals surface area contributed by atoms with Crippen LogP contribution in [0, 0.1) is 0 Å². The molecule has 3 aliphatic heterocycles. The topological polar surface area (TPSA) is 48.5 Å². The van der Waals surface area contributed by atoms with Crippen LogP contribution in [0.4, 0.5) is 0 Å². The van der Waals surface area contributed by atoms with Gasteiger partial charge in [-0.1, -0.05) is 36.4 Å². The molecule has 3 heterocycles. The van der Waals surface area contributed by atoms with Crippen molar-refractivity contribution >= 4 is 5.91 Å². The Morgan fingerprint density at radius 2 is 1.42 bits per heavy atom. The largest absolute Gasteiger partial charge is 0.454 e. The fourth-order valence-corrected chi connectivity index (χ4v) is 4.99. The minimum Gasteiger partial charge on any atom is -0.454 e. The zero-order valence-corrected chi connectivity index (χ0v) is 19.5. The summed E-state index contributed by atoms with van der Waals surface area (Å²) in [4.78, 5) is 22.5. The first-order valence-electron chi connectivity index (χ1n) is 12.1. The first-order chi connectivity index (χ1) is 16.2. The second-order valence-electron chi connectivity index (χ2n) is 9.26. The summed E-state index contributed by atoms with van der Waals surface area (Å²) in [5, 5.41) is 0. The van der Waals surface area contributed by atoms with Crippen molar-refractivity contribution in [2.24, 2.45) is 0 Å². The Kier molecular flexibility index (Phi) is 6.80. The van der Waals surface area contributed by atoms with E-state index in [2.05, 4.69) is 69.0 Å². The summed E-state index contributed by atoms with van der Waals surface area (Å²) in [5.74, 6) is 1.95. The zero-order chi connectivity index (χ0) is 22.6. The number of carbonyl (C=O) groups excluding carboxylic acids is 1. The van der Waals surface area contributed by atoms with E-state index in [0.717, 1.165) is 76.9 Å². The number of nitrogens with zero attached hydrogens (tertiary/aromatic N) is 4. The normalized spacial score (nSPS) is 20.7. The molecule has 0 N–H and O–H groups in total. The summed E-state index contributed by atoms with van der Waals surface area (Å²) in [6, 6.07) is 16.7. The number of carbonyl (C=O) groups is 1. The van der Waals surface area contributed by atoms with Crippen LogP contribution in [0.25, 0.3) is 0 Å². The maximum Gasteiger partial charge on any atom is 0.239 e. The molecule has 0 aliphatic carbocycles. The van der Waals surface area contributed by atoms with Gasteiger partial charge in [-0.2, -0.15) is 0 Å². The van der Waals surface area contributed by atoms with Crippen molar-refractivity contribution in [3.05, 3.63) is 59.7 Å². The highest BCUT2D eigenvalue weighted by Gasteiger charge is 2.30. The van der Waals surface area contributed by atoms with Crippen molar-refractivity contribution in [1.82, 2.24) is 19.6 Å². The third-order valence-electron chi connectivity index (χ3n) is 7.09. The molecule has 0 aromatic heterocycles. The third kappa shape index (κ3) is 5.32. The van der Waals surface area contributed by atoms with E-state index in [9.17, 15) is 4.79 Å². The van der Waals surface area contributed by atoms with E-state index in [1.807, 2.05) is 6.07 Å². The molecule has 176 valence electrons. The Hall–Kier alpha value is -2.61. The van der Waals surface area contributed by atoms with Crippen molar-refractivity contribution < 1.29 is 14.3 Å². The number of hydrogen-bond acceptors (Lipinski definition) is 6. The second kappa shape index (κ2) is 10.1. The van der Waals surface area contributed by atoms with Crippen molar-refractivity contribution in [1.29, 1.82) is 0 Å². The predicted octanol–water partition coefficient (Wildman–Crippen LogP) is 2.27. The van der Waals surface area contributed by atoms with E-state index in [1.165, 1.54) is 11.1 Å². The SMILES string of the molecule is CC(C(=O)N1CCN(Cc2ccccc2)CC1)N1CCN(Cc2ccc3c(c2)OCO3)CC1. The first kappa shape index (κ1) is 22.2. The van der Waals surface area contributed by atoms with Crippen molar-refractivity contribution in [2.75, 3.05) is 59.2 Å². The Morgan fingerprint density at radius 3 is 2.15 bits per heavy atom. The summed E-state index contributed by atoms with van der Waals surface area (Å²) >= 11 is 0. The highest BCUT2D eigenvalue weighted by atomic mass is 16.7. The second-order valence-corrected chi connectivity index (χ2v) is 9.26. The van der Waals surface area contributed by atoms with E-state index in [1.54, 1.807) is 0 Å². The molecule has 0 radical (unpaired) electrons. The minimum absolute atomic E-state index is 0.0571. The average Bonchev–Trinajstić information content (AvgIpc) is 3.33. The molecule has 2 fully saturated rings. The molecule has 2 aromatic carbocycles. The van der Waals surface area contributed by atoms with Crippen LogP contribution < -0.4 is 9.47 Å². The van der Waals surface area contributed by atoms with E-state index >= 15 is 0 Å². The maximum absolute atomic E-state index is 13.2. The summed E-state index contributed by atoms with van der Waals surface area (Å²) in [7, 11) is 0. The summed E-state index contributed by atoms with van der Waals surface area (Å²) in [6.07, 6.45) is 0. The van der Waals surface area contributed by atoms with Gasteiger partial charge in [0.25, 0.3) is 0 Å². The van der Waals surface area contributed by atoms with Gasteiger partial charge in [0, 0.05) is 65.4 Å². The molecule has 7 nitrogen and oxygen atoms in total. The Labute approximate surface area is 196 Å². The van der Waals surface area contributed by atoms with Crippen molar-refractivity contribution in [2.45, 2.75) is 26.1 Å². The van der Waals surface area contributed by atoms with Crippen LogP contribution in [-0.4, -0.2) is 90.7 Å². The van der Waals surface area contributed by atoms with Gasteiger partial charge < -0.3 is 14.4 Å². The van der Waals surface area contributed by atoms with E-state index in [0.29, 0.717) is 6.79 Å². The van der Waals surface area contributed by atoms with Gasteiger partial charge in [-0.15, -0.1) is 0 Å². The molecule has 3 aliphatic rings. The number of hydrogen-bond donors (Lipinski definition) is 0. The number of piperazine rings is 2. The molecule has 1 atom stereocenters. The Balaban J connectivity index is 1.06. The Bertz CT molecular complexity index is 938. The quantitative estimate of drug-likeness (QED) is 0.673. The van der Waals surface area contributed by atoms with Crippen LogP contribution in [0.15, 0.2) is 48.5 Å². The predicted molar refractivity (Wildman–Crippen MR) is 127 cm³/mol. The van der Waals surface area contributed by atoms with Crippen LogP contribution >= 0.6 is 0 Å². The lowest BCUT2D eigenvalue weighted by atomic mass is 10.1. The summed E-state index contributed by atoms with van der Waals surface area (Å²) < 4.78 is 10.9. The molecular weight excluding hydrogens is 416 g/mol. The molecular formula is C26H34N4O3. The highest BCUT2D eigenvalue weighted by molar-refractivity contribution is 5.81. The molecule has 1 unspecified atom stereocenters. The number of amides is 1. The van der Waals surface area contributed by atoms with Gasteiger partial charge in [0.2, 0.25) is 12.7 Å². The van der Waals surface area contributed by atoms with Crippen molar-refractivity contribution in [3.63, 3.8) is 0 Å². The van der Waals surface area contributed by atoms with Crippen LogP contribution in [0.1, 0.15) is 18.1 Å². The molecule has 0 spiro atoms. The van der Waals surface area contributed by atoms with Crippen LogP contribution in [0.3, 0.4) is 0 Å². The molecule has 33 heavy (non-hydrogen) atoms. The smallest absolute Gasteiger partial charge is 0.239 e.